The lowest BCUT2D eigenvalue weighted by Crippen LogP contribution is -2.37. The molecule has 1 rings (SSSR count). The van der Waals surface area contributed by atoms with Crippen LogP contribution in [0.15, 0.2) is 0 Å². The van der Waals surface area contributed by atoms with Gasteiger partial charge in [0.15, 0.2) is 0 Å². The second kappa shape index (κ2) is 3.16. The van der Waals surface area contributed by atoms with E-state index in [1.54, 1.807) is 0 Å². The second-order valence-electron chi connectivity index (χ2n) is 6.50. The lowest BCUT2D eigenvalue weighted by Gasteiger charge is -2.50. The van der Waals surface area contributed by atoms with Crippen molar-refractivity contribution in [3.8, 4) is 0 Å². The highest BCUT2D eigenvalue weighted by Gasteiger charge is 2.41. The second-order valence-corrected chi connectivity index (χ2v) is 10.1. The first-order valence-electron chi connectivity index (χ1n) is 5.39. The van der Waals surface area contributed by atoms with E-state index in [4.69, 9.17) is 0 Å². The Bertz CT molecular complexity index is 224. The van der Waals surface area contributed by atoms with Crippen molar-refractivity contribution in [1.82, 2.24) is 0 Å². The van der Waals surface area contributed by atoms with Crippen LogP contribution >= 0.6 is 6.89 Å². The molecule has 1 aliphatic heterocycles. The predicted molar refractivity (Wildman–Crippen MR) is 66.5 cm³/mol. The van der Waals surface area contributed by atoms with Crippen molar-refractivity contribution in [3.63, 3.8) is 0 Å². The molecule has 0 radical (unpaired) electrons. The van der Waals surface area contributed by atoms with E-state index in [0.717, 1.165) is 0 Å². The van der Waals surface area contributed by atoms with Crippen LogP contribution in [-0.4, -0.2) is 24.8 Å². The molecule has 0 bridgehead atoms. The molecular weight excluding hydrogens is 175 g/mol. The average Bonchev–Trinajstić information content (AvgIpc) is 1.80. The summed E-state index contributed by atoms with van der Waals surface area (Å²) >= 11 is 0. The van der Waals surface area contributed by atoms with Crippen LogP contribution in [0.25, 0.3) is 0 Å². The Labute approximate surface area is 84.1 Å². The van der Waals surface area contributed by atoms with Crippen LogP contribution in [-0.2, 0) is 0 Å². The zero-order valence-corrected chi connectivity index (χ0v) is 10.9. The first-order chi connectivity index (χ1) is 5.68. The Kier molecular flexibility index (Phi) is 2.76. The Morgan fingerprint density at radius 3 is 2.08 bits per heavy atom. The molecule has 1 heterocycles. The fraction of sp³-hybridized carbons (Fsp3) is 0.917. The van der Waals surface area contributed by atoms with Gasteiger partial charge in [-0.2, -0.15) is 0 Å². The third-order valence-electron chi connectivity index (χ3n) is 3.25. The maximum Gasteiger partial charge on any atom is -0.0277 e. The summed E-state index contributed by atoms with van der Waals surface area (Å²) in [6, 6.07) is 0. The van der Waals surface area contributed by atoms with Crippen molar-refractivity contribution < 1.29 is 0 Å². The molecular formula is C12H25P. The maximum absolute atomic E-state index is 4.52. The van der Waals surface area contributed by atoms with Crippen LogP contribution in [0.3, 0.4) is 0 Å². The molecule has 0 N–H and O–H groups in total. The summed E-state index contributed by atoms with van der Waals surface area (Å²) in [4.78, 5) is 0. The normalized spacial score (nSPS) is 25.3. The van der Waals surface area contributed by atoms with Crippen molar-refractivity contribution >= 4 is 13.2 Å². The molecule has 1 saturated heterocycles. The summed E-state index contributed by atoms with van der Waals surface area (Å²) in [5, 5.41) is 0. The smallest absolute Gasteiger partial charge is 0.0277 e. The van der Waals surface area contributed by atoms with Crippen molar-refractivity contribution in [1.29, 1.82) is 0 Å². The topological polar surface area (TPSA) is 0 Å². The van der Waals surface area contributed by atoms with Crippen molar-refractivity contribution in [2.45, 2.75) is 41.0 Å². The van der Waals surface area contributed by atoms with Crippen LogP contribution in [0.1, 0.15) is 41.0 Å². The molecule has 0 aromatic rings. The summed E-state index contributed by atoms with van der Waals surface area (Å²) in [7, 11) is 0. The average molecular weight is 200 g/mol. The van der Waals surface area contributed by atoms with E-state index >= 15 is 0 Å². The van der Waals surface area contributed by atoms with Gasteiger partial charge in [-0.1, -0.05) is 41.0 Å². The van der Waals surface area contributed by atoms with Gasteiger partial charge in [-0.3, -0.25) is 0 Å². The van der Waals surface area contributed by atoms with Gasteiger partial charge in [0.05, 0.1) is 0 Å². The first kappa shape index (κ1) is 11.4. The highest BCUT2D eigenvalue weighted by atomic mass is 31.2. The van der Waals surface area contributed by atoms with E-state index in [0.29, 0.717) is 10.8 Å². The lowest BCUT2D eigenvalue weighted by atomic mass is 9.93. The van der Waals surface area contributed by atoms with Gasteiger partial charge in [-0.15, -0.1) is 13.2 Å². The van der Waals surface area contributed by atoms with Crippen molar-refractivity contribution in [2.24, 2.45) is 10.8 Å². The number of hydrogen-bond acceptors (Lipinski definition) is 0. The highest BCUT2D eigenvalue weighted by molar-refractivity contribution is 7.75. The quantitative estimate of drug-likeness (QED) is 0.606. The highest BCUT2D eigenvalue weighted by Crippen LogP contribution is 2.65. The van der Waals surface area contributed by atoms with Gasteiger partial charge in [-0.25, -0.2) is 0 Å². The van der Waals surface area contributed by atoms with E-state index in [-0.39, 0.29) is 0 Å². The van der Waals surface area contributed by atoms with Gasteiger partial charge in [0.1, 0.15) is 0 Å². The monoisotopic (exact) mass is 200 g/mol. The van der Waals surface area contributed by atoms with Gasteiger partial charge < -0.3 is 0 Å². The van der Waals surface area contributed by atoms with Crippen molar-refractivity contribution in [3.05, 3.63) is 0 Å². The Balaban J connectivity index is 2.53. The first-order valence-corrected chi connectivity index (χ1v) is 7.92. The molecule has 1 heteroatoms. The van der Waals surface area contributed by atoms with E-state index < -0.39 is 6.89 Å². The van der Waals surface area contributed by atoms with Crippen molar-refractivity contribution in [2.75, 3.05) is 18.5 Å². The minimum Gasteiger partial charge on any atom is -0.110 e. The lowest BCUT2D eigenvalue weighted by molar-refractivity contribution is 0.387. The minimum atomic E-state index is -0.752. The van der Waals surface area contributed by atoms with E-state index in [1.165, 1.54) is 24.9 Å². The van der Waals surface area contributed by atoms with Gasteiger partial charge in [-0.05, 0) is 29.3 Å². The molecule has 0 saturated carbocycles. The zero-order valence-electron chi connectivity index (χ0n) is 9.98. The SMILES string of the molecule is C=P1(CC(C)(C)CC)CC(C)(C)C1. The summed E-state index contributed by atoms with van der Waals surface area (Å²) in [6.45, 7) is 11.1. The zero-order chi connectivity index (χ0) is 10.3. The summed E-state index contributed by atoms with van der Waals surface area (Å²) < 4.78 is 0. The molecule has 0 amide bonds. The molecule has 0 nitrogen and oxygen atoms in total. The van der Waals surface area contributed by atoms with Crippen LogP contribution in [0.5, 0.6) is 0 Å². The van der Waals surface area contributed by atoms with Crippen LogP contribution in [0.2, 0.25) is 0 Å². The van der Waals surface area contributed by atoms with Gasteiger partial charge in [0.25, 0.3) is 0 Å². The summed E-state index contributed by atoms with van der Waals surface area (Å²) in [6.07, 6.45) is 10.1. The molecule has 0 unspecified atom stereocenters. The molecule has 0 atom stereocenters. The standard InChI is InChI=1S/C12H25P/c1-7-11(2,3)8-13(6)9-12(4,5)10-13/h6-10H2,1-5H3. The fourth-order valence-corrected chi connectivity index (χ4v) is 8.70. The van der Waals surface area contributed by atoms with E-state index in [1.807, 2.05) is 0 Å². The summed E-state index contributed by atoms with van der Waals surface area (Å²) in [5.41, 5.74) is 1.14. The largest absolute Gasteiger partial charge is 0.110 e. The molecule has 0 aromatic heterocycles. The van der Waals surface area contributed by atoms with Gasteiger partial charge in [0, 0.05) is 0 Å². The third-order valence-corrected chi connectivity index (χ3v) is 7.83. The van der Waals surface area contributed by atoms with E-state index in [2.05, 4.69) is 40.9 Å². The minimum absolute atomic E-state index is 0.534. The predicted octanol–water partition coefficient (Wildman–Crippen LogP) is 3.91. The Morgan fingerprint density at radius 1 is 1.31 bits per heavy atom. The Hall–Kier alpha value is 0.300. The molecule has 13 heavy (non-hydrogen) atoms. The molecule has 1 fully saturated rings. The summed E-state index contributed by atoms with van der Waals surface area (Å²) in [5.74, 6) is 0. The molecule has 0 aromatic carbocycles. The number of hydrogen-bond donors (Lipinski definition) is 0. The fourth-order valence-electron chi connectivity index (χ4n) is 2.90. The van der Waals surface area contributed by atoms with E-state index in [9.17, 15) is 0 Å². The Morgan fingerprint density at radius 2 is 1.77 bits per heavy atom. The number of rotatable bonds is 3. The molecule has 78 valence electrons. The molecule has 0 aliphatic carbocycles. The van der Waals surface area contributed by atoms with Gasteiger partial charge >= 0.3 is 0 Å². The van der Waals surface area contributed by atoms with Crippen LogP contribution in [0, 0.1) is 10.8 Å². The van der Waals surface area contributed by atoms with Crippen LogP contribution < -0.4 is 0 Å². The maximum atomic E-state index is 4.52. The third kappa shape index (κ3) is 2.88. The molecule has 1 aliphatic rings. The van der Waals surface area contributed by atoms with Gasteiger partial charge in [0.2, 0.25) is 0 Å². The van der Waals surface area contributed by atoms with Crippen LogP contribution in [0.4, 0.5) is 0 Å². The molecule has 0 spiro atoms.